The zero-order valence-corrected chi connectivity index (χ0v) is 14.9. The van der Waals surface area contributed by atoms with Crippen molar-refractivity contribution in [1.82, 2.24) is 20.0 Å². The van der Waals surface area contributed by atoms with E-state index in [1.54, 1.807) is 10.7 Å². The largest absolute Gasteiger partial charge is 0.396 e. The topological polar surface area (TPSA) is 82.4 Å². The van der Waals surface area contributed by atoms with E-state index in [4.69, 9.17) is 0 Å². The van der Waals surface area contributed by atoms with Crippen LogP contribution in [0.25, 0.3) is 0 Å². The van der Waals surface area contributed by atoms with Gasteiger partial charge in [0.25, 0.3) is 0 Å². The summed E-state index contributed by atoms with van der Waals surface area (Å²) in [5, 5.41) is 19.2. The Labute approximate surface area is 148 Å². The molecule has 0 bridgehead atoms. The summed E-state index contributed by atoms with van der Waals surface area (Å²) in [5.74, 6) is 0.601. The van der Waals surface area contributed by atoms with E-state index in [1.165, 1.54) is 0 Å². The Morgan fingerprint density at radius 3 is 2.72 bits per heavy atom. The minimum atomic E-state index is -0.295. The Kier molecular flexibility index (Phi) is 7.43. The van der Waals surface area contributed by atoms with Crippen LogP contribution in [0.15, 0.2) is 42.6 Å². The number of carbonyl (C=O) groups excluding carboxylic acids is 1. The molecule has 0 aliphatic carbocycles. The lowest BCUT2D eigenvalue weighted by molar-refractivity contribution is 0.248. The second-order valence-corrected chi connectivity index (χ2v) is 6.22. The van der Waals surface area contributed by atoms with Crippen molar-refractivity contribution < 1.29 is 9.90 Å². The van der Waals surface area contributed by atoms with Crippen LogP contribution in [0.1, 0.15) is 17.9 Å². The lowest BCUT2D eigenvalue weighted by Gasteiger charge is -2.17. The van der Waals surface area contributed by atoms with Crippen molar-refractivity contribution in [2.45, 2.75) is 18.9 Å². The summed E-state index contributed by atoms with van der Waals surface area (Å²) in [5.41, 5.74) is 1.10. The van der Waals surface area contributed by atoms with E-state index in [0.717, 1.165) is 18.7 Å². The number of nitrogens with zero attached hydrogens (tertiary/aromatic N) is 3. The summed E-state index contributed by atoms with van der Waals surface area (Å²) in [6, 6.07) is 11.4. The molecule has 0 saturated heterocycles. The van der Waals surface area contributed by atoms with E-state index < -0.39 is 0 Å². The third kappa shape index (κ3) is 6.56. The number of hydrogen-bond acceptors (Lipinski definition) is 4. The second-order valence-electron chi connectivity index (χ2n) is 6.22. The summed E-state index contributed by atoms with van der Waals surface area (Å²) in [4.78, 5) is 14.2. The maximum absolute atomic E-state index is 12.1. The molecule has 0 saturated carbocycles. The third-order valence-electron chi connectivity index (χ3n) is 3.92. The lowest BCUT2D eigenvalue weighted by atomic mass is 9.96. The molecule has 0 fully saturated rings. The molecule has 2 amide bonds. The van der Waals surface area contributed by atoms with Crippen LogP contribution >= 0.6 is 0 Å². The van der Waals surface area contributed by atoms with Gasteiger partial charge in [0.2, 0.25) is 0 Å². The van der Waals surface area contributed by atoms with Crippen molar-refractivity contribution in [3.8, 4) is 0 Å². The maximum Gasteiger partial charge on any atom is 0.320 e. The normalized spacial score (nSPS) is 12.2. The standard InChI is InChI=1S/C18H27N5O2/c1-22(2)11-12-23-10-8-17(21-23)20-18(25)19-14-16(9-13-24)15-6-4-3-5-7-15/h3-8,10,16,24H,9,11-14H2,1-2H3,(H2,19,20,21,25). The van der Waals surface area contributed by atoms with Gasteiger partial charge in [0, 0.05) is 37.9 Å². The number of urea groups is 1. The first-order valence-electron chi connectivity index (χ1n) is 8.47. The number of rotatable bonds is 9. The molecule has 3 N–H and O–H groups in total. The number of nitrogens with one attached hydrogen (secondary N) is 2. The Hall–Kier alpha value is -2.38. The zero-order chi connectivity index (χ0) is 18.1. The first-order chi connectivity index (χ1) is 12.1. The molecular weight excluding hydrogens is 318 g/mol. The van der Waals surface area contributed by atoms with Crippen LogP contribution in [-0.2, 0) is 6.54 Å². The molecule has 1 heterocycles. The van der Waals surface area contributed by atoms with Gasteiger partial charge < -0.3 is 15.3 Å². The smallest absolute Gasteiger partial charge is 0.320 e. The molecule has 7 nitrogen and oxygen atoms in total. The number of aliphatic hydroxyl groups excluding tert-OH is 1. The fraction of sp³-hybridized carbons (Fsp3) is 0.444. The average Bonchev–Trinajstić information content (AvgIpc) is 3.05. The highest BCUT2D eigenvalue weighted by Crippen LogP contribution is 2.18. The number of amides is 2. The van der Waals surface area contributed by atoms with Gasteiger partial charge in [-0.25, -0.2) is 4.79 Å². The van der Waals surface area contributed by atoms with Crippen LogP contribution in [-0.4, -0.2) is 59.6 Å². The van der Waals surface area contributed by atoms with Crippen molar-refractivity contribution in [2.75, 3.05) is 39.1 Å². The van der Waals surface area contributed by atoms with E-state index >= 15 is 0 Å². The van der Waals surface area contributed by atoms with Crippen LogP contribution in [0.5, 0.6) is 0 Å². The molecule has 0 radical (unpaired) electrons. The Morgan fingerprint density at radius 1 is 1.28 bits per heavy atom. The Morgan fingerprint density at radius 2 is 2.04 bits per heavy atom. The predicted molar refractivity (Wildman–Crippen MR) is 98.7 cm³/mol. The van der Waals surface area contributed by atoms with E-state index in [0.29, 0.717) is 18.8 Å². The lowest BCUT2D eigenvalue weighted by Crippen LogP contribution is -2.33. The molecule has 1 aromatic heterocycles. The quantitative estimate of drug-likeness (QED) is 0.646. The molecule has 1 atom stereocenters. The highest BCUT2D eigenvalue weighted by Gasteiger charge is 2.13. The fourth-order valence-corrected chi connectivity index (χ4v) is 2.50. The van der Waals surface area contributed by atoms with Crippen molar-refractivity contribution in [2.24, 2.45) is 0 Å². The van der Waals surface area contributed by atoms with Gasteiger partial charge in [0.15, 0.2) is 5.82 Å². The summed E-state index contributed by atoms with van der Waals surface area (Å²) in [6.07, 6.45) is 2.45. The molecule has 2 aromatic rings. The summed E-state index contributed by atoms with van der Waals surface area (Å²) < 4.78 is 1.80. The van der Waals surface area contributed by atoms with Crippen molar-refractivity contribution >= 4 is 11.8 Å². The molecule has 2 rings (SSSR count). The number of carbonyl (C=O) groups is 1. The van der Waals surface area contributed by atoms with Gasteiger partial charge in [0.05, 0.1) is 6.54 Å². The van der Waals surface area contributed by atoms with Crippen molar-refractivity contribution in [3.63, 3.8) is 0 Å². The third-order valence-corrected chi connectivity index (χ3v) is 3.92. The van der Waals surface area contributed by atoms with E-state index in [1.807, 2.05) is 50.6 Å². The van der Waals surface area contributed by atoms with Crippen LogP contribution in [0.3, 0.4) is 0 Å². The van der Waals surface area contributed by atoms with Crippen LogP contribution < -0.4 is 10.6 Å². The van der Waals surface area contributed by atoms with Gasteiger partial charge in [0.1, 0.15) is 0 Å². The van der Waals surface area contributed by atoms with Crippen LogP contribution in [0.4, 0.5) is 10.6 Å². The zero-order valence-electron chi connectivity index (χ0n) is 14.9. The van der Waals surface area contributed by atoms with E-state index in [-0.39, 0.29) is 18.6 Å². The maximum atomic E-state index is 12.1. The number of benzene rings is 1. The molecule has 0 aliphatic rings. The molecule has 1 unspecified atom stereocenters. The van der Waals surface area contributed by atoms with Crippen molar-refractivity contribution in [1.29, 1.82) is 0 Å². The summed E-state index contributed by atoms with van der Waals surface area (Å²) >= 11 is 0. The molecule has 1 aromatic carbocycles. The van der Waals surface area contributed by atoms with E-state index in [9.17, 15) is 9.90 Å². The number of anilines is 1. The highest BCUT2D eigenvalue weighted by molar-refractivity contribution is 5.88. The minimum absolute atomic E-state index is 0.0783. The summed E-state index contributed by atoms with van der Waals surface area (Å²) in [7, 11) is 4.01. The number of hydrogen-bond donors (Lipinski definition) is 3. The number of aromatic nitrogens is 2. The number of likely N-dealkylation sites (N-methyl/N-ethyl adjacent to an activating group) is 1. The van der Waals surface area contributed by atoms with Gasteiger partial charge >= 0.3 is 6.03 Å². The second kappa shape index (κ2) is 9.80. The molecule has 136 valence electrons. The van der Waals surface area contributed by atoms with Gasteiger partial charge in [-0.2, -0.15) is 5.10 Å². The molecule has 7 heteroatoms. The van der Waals surface area contributed by atoms with Gasteiger partial charge in [-0.15, -0.1) is 0 Å². The molecule has 25 heavy (non-hydrogen) atoms. The van der Waals surface area contributed by atoms with Gasteiger partial charge in [-0.1, -0.05) is 30.3 Å². The SMILES string of the molecule is CN(C)CCn1ccc(NC(=O)NCC(CCO)c2ccccc2)n1. The molecule has 0 aliphatic heterocycles. The molecule has 0 spiro atoms. The minimum Gasteiger partial charge on any atom is -0.396 e. The predicted octanol–water partition coefficient (Wildman–Crippen LogP) is 1.73. The van der Waals surface area contributed by atoms with Crippen LogP contribution in [0, 0.1) is 0 Å². The number of aliphatic hydroxyl groups is 1. The highest BCUT2D eigenvalue weighted by atomic mass is 16.3. The first kappa shape index (κ1) is 19.0. The van der Waals surface area contributed by atoms with Gasteiger partial charge in [-0.05, 0) is 26.1 Å². The monoisotopic (exact) mass is 345 g/mol. The first-order valence-corrected chi connectivity index (χ1v) is 8.47. The average molecular weight is 345 g/mol. The summed E-state index contributed by atoms with van der Waals surface area (Å²) in [6.45, 7) is 2.19. The van der Waals surface area contributed by atoms with Gasteiger partial charge in [-0.3, -0.25) is 10.00 Å². The Bertz CT molecular complexity index is 642. The molecular formula is C18H27N5O2. The Balaban J connectivity index is 1.83. The fourth-order valence-electron chi connectivity index (χ4n) is 2.50. The van der Waals surface area contributed by atoms with Crippen LogP contribution in [0.2, 0.25) is 0 Å². The van der Waals surface area contributed by atoms with Crippen molar-refractivity contribution in [3.05, 3.63) is 48.2 Å². The van der Waals surface area contributed by atoms with E-state index in [2.05, 4.69) is 20.6 Å².